The molecule has 0 unspecified atom stereocenters. The van der Waals surface area contributed by atoms with E-state index in [0.29, 0.717) is 5.92 Å². The Morgan fingerprint density at radius 2 is 1.88 bits per heavy atom. The largest absolute Gasteiger partial charge is 0.259 e. The number of aryl methyl sites for hydroxylation is 2. The van der Waals surface area contributed by atoms with E-state index in [4.69, 9.17) is 0 Å². The smallest absolute Gasteiger partial charge is 0.0832 e. The number of rotatable bonds is 2. The molecule has 2 aromatic heterocycles. The van der Waals surface area contributed by atoms with Crippen molar-refractivity contribution in [3.8, 4) is 5.69 Å². The van der Waals surface area contributed by atoms with Crippen molar-refractivity contribution < 1.29 is 0 Å². The van der Waals surface area contributed by atoms with Crippen LogP contribution in [0.15, 0.2) is 24.4 Å². The topological polar surface area (TPSA) is 30.7 Å². The summed E-state index contributed by atoms with van der Waals surface area (Å²) in [5.41, 5.74) is 4.33. The SMILES string of the molecule is Cc1ccc(-n2nc(C)cc2C(C)C)cn1. The lowest BCUT2D eigenvalue weighted by Crippen LogP contribution is -2.04. The fourth-order valence-corrected chi connectivity index (χ4v) is 1.72. The van der Waals surface area contributed by atoms with Gasteiger partial charge < -0.3 is 0 Å². The third kappa shape index (κ3) is 1.98. The Bertz CT molecular complexity index is 480. The minimum Gasteiger partial charge on any atom is -0.259 e. The van der Waals surface area contributed by atoms with E-state index in [1.54, 1.807) is 0 Å². The molecule has 0 N–H and O–H groups in total. The Morgan fingerprint density at radius 3 is 2.44 bits per heavy atom. The molecule has 2 heterocycles. The number of pyridine rings is 1. The van der Waals surface area contributed by atoms with E-state index in [2.05, 4.69) is 36.1 Å². The number of aromatic nitrogens is 3. The maximum Gasteiger partial charge on any atom is 0.0832 e. The first kappa shape index (κ1) is 10.9. The molecule has 3 nitrogen and oxygen atoms in total. The van der Waals surface area contributed by atoms with Crippen LogP contribution in [0.25, 0.3) is 5.69 Å². The number of hydrogen-bond acceptors (Lipinski definition) is 2. The van der Waals surface area contributed by atoms with Gasteiger partial charge in [-0.15, -0.1) is 0 Å². The molecule has 0 amide bonds. The van der Waals surface area contributed by atoms with Gasteiger partial charge in [-0.25, -0.2) is 4.68 Å². The first-order chi connectivity index (χ1) is 7.58. The third-order valence-corrected chi connectivity index (χ3v) is 2.59. The monoisotopic (exact) mass is 215 g/mol. The Morgan fingerprint density at radius 1 is 1.12 bits per heavy atom. The molecule has 0 aliphatic rings. The second-order valence-electron chi connectivity index (χ2n) is 4.43. The van der Waals surface area contributed by atoms with Gasteiger partial charge in [-0.2, -0.15) is 5.10 Å². The van der Waals surface area contributed by atoms with E-state index in [1.807, 2.05) is 30.8 Å². The van der Waals surface area contributed by atoms with Crippen LogP contribution < -0.4 is 0 Å². The van der Waals surface area contributed by atoms with Crippen molar-refractivity contribution in [3.05, 3.63) is 41.5 Å². The van der Waals surface area contributed by atoms with Crippen LogP contribution in [0.3, 0.4) is 0 Å². The van der Waals surface area contributed by atoms with Gasteiger partial charge >= 0.3 is 0 Å². The van der Waals surface area contributed by atoms with E-state index in [0.717, 1.165) is 17.1 Å². The second kappa shape index (κ2) is 4.08. The fraction of sp³-hybridized carbons (Fsp3) is 0.385. The lowest BCUT2D eigenvalue weighted by molar-refractivity contribution is 0.728. The second-order valence-corrected chi connectivity index (χ2v) is 4.43. The van der Waals surface area contributed by atoms with Crippen molar-refractivity contribution in [1.82, 2.24) is 14.8 Å². The highest BCUT2D eigenvalue weighted by atomic mass is 15.3. The minimum atomic E-state index is 0.461. The zero-order chi connectivity index (χ0) is 11.7. The zero-order valence-corrected chi connectivity index (χ0v) is 10.2. The molecule has 0 saturated carbocycles. The highest BCUT2D eigenvalue weighted by Crippen LogP contribution is 2.19. The molecular formula is C13H17N3. The first-order valence-corrected chi connectivity index (χ1v) is 5.57. The van der Waals surface area contributed by atoms with E-state index in [1.165, 1.54) is 5.69 Å². The van der Waals surface area contributed by atoms with Crippen LogP contribution in [0, 0.1) is 13.8 Å². The van der Waals surface area contributed by atoms with Crippen molar-refractivity contribution in [3.63, 3.8) is 0 Å². The third-order valence-electron chi connectivity index (χ3n) is 2.59. The molecule has 0 saturated heterocycles. The average Bonchev–Trinajstić information content (AvgIpc) is 2.61. The lowest BCUT2D eigenvalue weighted by Gasteiger charge is -2.09. The van der Waals surface area contributed by atoms with Crippen molar-refractivity contribution in [2.24, 2.45) is 0 Å². The molecule has 0 fully saturated rings. The van der Waals surface area contributed by atoms with E-state index >= 15 is 0 Å². The Balaban J connectivity index is 2.50. The molecule has 0 atom stereocenters. The predicted molar refractivity (Wildman–Crippen MR) is 64.9 cm³/mol. The Labute approximate surface area is 96.1 Å². The van der Waals surface area contributed by atoms with Gasteiger partial charge in [-0.3, -0.25) is 4.98 Å². The Hall–Kier alpha value is -1.64. The van der Waals surface area contributed by atoms with Crippen molar-refractivity contribution in [2.75, 3.05) is 0 Å². The predicted octanol–water partition coefficient (Wildman–Crippen LogP) is 3.01. The molecule has 0 aromatic carbocycles. The molecule has 0 radical (unpaired) electrons. The van der Waals surface area contributed by atoms with Crippen LogP contribution in [0.1, 0.15) is 36.8 Å². The first-order valence-electron chi connectivity index (χ1n) is 5.57. The van der Waals surface area contributed by atoms with Crippen molar-refractivity contribution in [1.29, 1.82) is 0 Å². The summed E-state index contributed by atoms with van der Waals surface area (Å²) in [6, 6.07) is 6.20. The number of nitrogens with zero attached hydrogens (tertiary/aromatic N) is 3. The van der Waals surface area contributed by atoms with Crippen LogP contribution in [-0.4, -0.2) is 14.8 Å². The molecule has 0 spiro atoms. The minimum absolute atomic E-state index is 0.461. The molecular weight excluding hydrogens is 198 g/mol. The summed E-state index contributed by atoms with van der Waals surface area (Å²) in [6.07, 6.45) is 1.87. The summed E-state index contributed by atoms with van der Waals surface area (Å²) >= 11 is 0. The molecule has 0 aliphatic heterocycles. The molecule has 0 aliphatic carbocycles. The van der Waals surface area contributed by atoms with Gasteiger partial charge in [-0.05, 0) is 38.0 Å². The summed E-state index contributed by atoms with van der Waals surface area (Å²) in [5.74, 6) is 0.461. The van der Waals surface area contributed by atoms with Crippen molar-refractivity contribution in [2.45, 2.75) is 33.6 Å². The summed E-state index contributed by atoms with van der Waals surface area (Å²) < 4.78 is 1.98. The van der Waals surface area contributed by atoms with E-state index in [-0.39, 0.29) is 0 Å². The van der Waals surface area contributed by atoms with Crippen LogP contribution in [0.2, 0.25) is 0 Å². The molecule has 84 valence electrons. The lowest BCUT2D eigenvalue weighted by atomic mass is 10.1. The van der Waals surface area contributed by atoms with Crippen molar-refractivity contribution >= 4 is 0 Å². The maximum absolute atomic E-state index is 4.51. The molecule has 3 heteroatoms. The van der Waals surface area contributed by atoms with Gasteiger partial charge in [-0.1, -0.05) is 13.8 Å². The summed E-state index contributed by atoms with van der Waals surface area (Å²) in [7, 11) is 0. The quantitative estimate of drug-likeness (QED) is 0.771. The van der Waals surface area contributed by atoms with E-state index < -0.39 is 0 Å². The van der Waals surface area contributed by atoms with Gasteiger partial charge in [0.2, 0.25) is 0 Å². The summed E-state index contributed by atoms with van der Waals surface area (Å²) in [5, 5.41) is 4.51. The molecule has 2 aromatic rings. The standard InChI is InChI=1S/C13H17N3/c1-9(2)13-7-11(4)15-16(13)12-6-5-10(3)14-8-12/h5-9H,1-4H3. The van der Waals surface area contributed by atoms with Gasteiger partial charge in [0.05, 0.1) is 17.6 Å². The molecule has 16 heavy (non-hydrogen) atoms. The normalized spacial score (nSPS) is 11.1. The molecule has 0 bridgehead atoms. The van der Waals surface area contributed by atoms with E-state index in [9.17, 15) is 0 Å². The van der Waals surface area contributed by atoms with Gasteiger partial charge in [0.1, 0.15) is 0 Å². The van der Waals surface area contributed by atoms with Gasteiger partial charge in [0.25, 0.3) is 0 Å². The maximum atomic E-state index is 4.51. The molecule has 2 rings (SSSR count). The van der Waals surface area contributed by atoms with Crippen LogP contribution in [-0.2, 0) is 0 Å². The zero-order valence-electron chi connectivity index (χ0n) is 10.2. The Kier molecular flexibility index (Phi) is 2.77. The summed E-state index contributed by atoms with van der Waals surface area (Å²) in [6.45, 7) is 8.36. The highest BCUT2D eigenvalue weighted by molar-refractivity contribution is 5.32. The fourth-order valence-electron chi connectivity index (χ4n) is 1.72. The highest BCUT2D eigenvalue weighted by Gasteiger charge is 2.10. The van der Waals surface area contributed by atoms with Crippen LogP contribution >= 0.6 is 0 Å². The van der Waals surface area contributed by atoms with Crippen LogP contribution in [0.5, 0.6) is 0 Å². The van der Waals surface area contributed by atoms with Crippen LogP contribution in [0.4, 0.5) is 0 Å². The van der Waals surface area contributed by atoms with Gasteiger partial charge in [0, 0.05) is 11.4 Å². The summed E-state index contributed by atoms with van der Waals surface area (Å²) in [4.78, 5) is 4.30. The van der Waals surface area contributed by atoms with Gasteiger partial charge in [0.15, 0.2) is 0 Å². The average molecular weight is 215 g/mol. The number of hydrogen-bond donors (Lipinski definition) is 0.